The number of nitrogens with one attached hydrogen (secondary N) is 1. The van der Waals surface area contributed by atoms with Crippen molar-refractivity contribution in [2.75, 3.05) is 16.8 Å². The zero-order chi connectivity index (χ0) is 23.9. The van der Waals surface area contributed by atoms with Crippen molar-refractivity contribution in [1.82, 2.24) is 9.78 Å². The maximum Gasteiger partial charge on any atom is 0.276 e. The number of fused-ring (bicyclic) bond motifs is 2. The standard InChI is InChI=1S/C29H26N4O2/c1-19-7-2-4-10-24(19)33-26-12-6-9-23(26)27(31-33)28(34)30-22-15-13-21(14-16-22)29(35)32-18-17-20-8-3-5-11-25(20)32/h2-5,7-8,10-11,13-16H,6,9,12,17-18H2,1H3,(H,30,34). The molecule has 0 saturated carbocycles. The summed E-state index contributed by atoms with van der Waals surface area (Å²) in [4.78, 5) is 28.1. The third-order valence-corrected chi connectivity index (χ3v) is 7.01. The molecule has 4 aromatic rings. The Kier molecular flexibility index (Phi) is 5.21. The zero-order valence-electron chi connectivity index (χ0n) is 19.6. The van der Waals surface area contributed by atoms with Crippen LogP contribution in [0.25, 0.3) is 5.69 Å². The lowest BCUT2D eigenvalue weighted by molar-refractivity contribution is 0.0988. The summed E-state index contributed by atoms with van der Waals surface area (Å²) in [5.41, 5.74) is 8.19. The molecule has 0 fully saturated rings. The predicted molar refractivity (Wildman–Crippen MR) is 137 cm³/mol. The van der Waals surface area contributed by atoms with Crippen LogP contribution in [-0.2, 0) is 19.3 Å². The van der Waals surface area contributed by atoms with Crippen LogP contribution in [-0.4, -0.2) is 28.1 Å². The van der Waals surface area contributed by atoms with Gasteiger partial charge in [-0.3, -0.25) is 9.59 Å². The van der Waals surface area contributed by atoms with E-state index in [0.717, 1.165) is 53.9 Å². The van der Waals surface area contributed by atoms with Crippen molar-refractivity contribution in [3.63, 3.8) is 0 Å². The van der Waals surface area contributed by atoms with Crippen molar-refractivity contribution < 1.29 is 9.59 Å². The van der Waals surface area contributed by atoms with Gasteiger partial charge in [0.25, 0.3) is 11.8 Å². The van der Waals surface area contributed by atoms with Gasteiger partial charge in [-0.1, -0.05) is 36.4 Å². The molecule has 0 bridgehead atoms. The fraction of sp³-hybridized carbons (Fsp3) is 0.207. The highest BCUT2D eigenvalue weighted by molar-refractivity contribution is 6.08. The molecule has 6 heteroatoms. The summed E-state index contributed by atoms with van der Waals surface area (Å²) in [7, 11) is 0. The Morgan fingerprint density at radius 2 is 1.60 bits per heavy atom. The highest BCUT2D eigenvalue weighted by Gasteiger charge is 2.28. The van der Waals surface area contributed by atoms with Crippen molar-refractivity contribution in [2.45, 2.75) is 32.6 Å². The lowest BCUT2D eigenvalue weighted by Gasteiger charge is -2.17. The molecular formula is C29H26N4O2. The van der Waals surface area contributed by atoms with E-state index >= 15 is 0 Å². The van der Waals surface area contributed by atoms with Crippen molar-refractivity contribution in [3.05, 3.63) is 106 Å². The average molecular weight is 463 g/mol. The van der Waals surface area contributed by atoms with Gasteiger partial charge in [0.15, 0.2) is 5.69 Å². The maximum atomic E-state index is 13.2. The van der Waals surface area contributed by atoms with Gasteiger partial charge in [-0.2, -0.15) is 5.10 Å². The number of amides is 2. The predicted octanol–water partition coefficient (Wildman–Crippen LogP) is 5.12. The van der Waals surface area contributed by atoms with Crippen LogP contribution < -0.4 is 10.2 Å². The summed E-state index contributed by atoms with van der Waals surface area (Å²) >= 11 is 0. The molecule has 1 N–H and O–H groups in total. The molecule has 0 saturated heterocycles. The van der Waals surface area contributed by atoms with E-state index in [4.69, 9.17) is 5.10 Å². The Balaban J connectivity index is 1.22. The molecule has 35 heavy (non-hydrogen) atoms. The number of carbonyl (C=O) groups is 2. The Labute approximate surface area is 204 Å². The molecule has 6 nitrogen and oxygen atoms in total. The van der Waals surface area contributed by atoms with Crippen LogP contribution in [0, 0.1) is 6.92 Å². The minimum atomic E-state index is -0.219. The van der Waals surface area contributed by atoms with E-state index in [9.17, 15) is 9.59 Å². The Hall–Kier alpha value is -4.19. The van der Waals surface area contributed by atoms with E-state index in [2.05, 4.69) is 24.4 Å². The summed E-state index contributed by atoms with van der Waals surface area (Å²) in [5.74, 6) is -0.245. The number of aromatic nitrogens is 2. The first kappa shape index (κ1) is 21.4. The summed E-state index contributed by atoms with van der Waals surface area (Å²) in [6.45, 7) is 2.74. The molecule has 0 atom stereocenters. The van der Waals surface area contributed by atoms with Gasteiger partial charge in [0.2, 0.25) is 0 Å². The zero-order valence-corrected chi connectivity index (χ0v) is 19.6. The number of anilines is 2. The fourth-order valence-electron chi connectivity index (χ4n) is 5.21. The molecule has 174 valence electrons. The van der Waals surface area contributed by atoms with E-state index in [-0.39, 0.29) is 11.8 Å². The van der Waals surface area contributed by atoms with Gasteiger partial charge >= 0.3 is 0 Å². The van der Waals surface area contributed by atoms with Gasteiger partial charge in [0, 0.05) is 34.7 Å². The second-order valence-corrected chi connectivity index (χ2v) is 9.19. The van der Waals surface area contributed by atoms with E-state index in [1.54, 1.807) is 24.3 Å². The summed E-state index contributed by atoms with van der Waals surface area (Å²) in [5, 5.41) is 7.70. The number of hydrogen-bond acceptors (Lipinski definition) is 3. The van der Waals surface area contributed by atoms with Crippen LogP contribution in [0.1, 0.15) is 49.7 Å². The maximum absolute atomic E-state index is 13.2. The topological polar surface area (TPSA) is 67.2 Å². The van der Waals surface area contributed by atoms with Crippen LogP contribution in [0.2, 0.25) is 0 Å². The van der Waals surface area contributed by atoms with Gasteiger partial charge in [0.1, 0.15) is 0 Å². The van der Waals surface area contributed by atoms with Crippen molar-refractivity contribution >= 4 is 23.2 Å². The molecular weight excluding hydrogens is 436 g/mol. The van der Waals surface area contributed by atoms with Crippen molar-refractivity contribution in [1.29, 1.82) is 0 Å². The fourth-order valence-corrected chi connectivity index (χ4v) is 5.21. The number of para-hydroxylation sites is 2. The van der Waals surface area contributed by atoms with Gasteiger partial charge < -0.3 is 10.2 Å². The molecule has 2 amide bonds. The minimum Gasteiger partial charge on any atom is -0.321 e. The molecule has 0 spiro atoms. The normalized spacial score (nSPS) is 14.0. The smallest absolute Gasteiger partial charge is 0.276 e. The lowest BCUT2D eigenvalue weighted by Crippen LogP contribution is -2.28. The highest BCUT2D eigenvalue weighted by atomic mass is 16.2. The van der Waals surface area contributed by atoms with Gasteiger partial charge in [-0.25, -0.2) is 4.68 Å². The SMILES string of the molecule is Cc1ccccc1-n1nc(C(=O)Nc2ccc(C(=O)N3CCc4ccccc43)cc2)c2c1CCC2. The average Bonchev–Trinajstić information content (AvgIpc) is 3.60. The second-order valence-electron chi connectivity index (χ2n) is 9.19. The highest BCUT2D eigenvalue weighted by Crippen LogP contribution is 2.30. The molecule has 1 aromatic heterocycles. The molecule has 1 aliphatic carbocycles. The first-order chi connectivity index (χ1) is 17.1. The van der Waals surface area contributed by atoms with Crippen molar-refractivity contribution in [3.8, 4) is 5.69 Å². The largest absolute Gasteiger partial charge is 0.321 e. The third-order valence-electron chi connectivity index (χ3n) is 7.01. The monoisotopic (exact) mass is 462 g/mol. The van der Waals surface area contributed by atoms with Crippen LogP contribution in [0.3, 0.4) is 0 Å². The number of aryl methyl sites for hydroxylation is 1. The van der Waals surface area contributed by atoms with Crippen LogP contribution in [0.5, 0.6) is 0 Å². The molecule has 2 heterocycles. The number of nitrogens with zero attached hydrogens (tertiary/aromatic N) is 3. The number of carbonyl (C=O) groups excluding carboxylic acids is 2. The van der Waals surface area contributed by atoms with Gasteiger partial charge in [0.05, 0.1) is 5.69 Å². The summed E-state index contributed by atoms with van der Waals surface area (Å²) < 4.78 is 1.93. The Morgan fingerprint density at radius 1 is 0.857 bits per heavy atom. The minimum absolute atomic E-state index is 0.0254. The summed E-state index contributed by atoms with van der Waals surface area (Å²) in [6, 6.07) is 23.2. The van der Waals surface area contributed by atoms with E-state index < -0.39 is 0 Å². The first-order valence-electron chi connectivity index (χ1n) is 12.1. The lowest BCUT2D eigenvalue weighted by atomic mass is 10.1. The summed E-state index contributed by atoms with van der Waals surface area (Å²) in [6.07, 6.45) is 3.67. The van der Waals surface area contributed by atoms with E-state index in [0.29, 0.717) is 23.5 Å². The number of benzene rings is 3. The molecule has 6 rings (SSSR count). The van der Waals surface area contributed by atoms with E-state index in [1.165, 1.54) is 5.56 Å². The van der Waals surface area contributed by atoms with Crippen molar-refractivity contribution in [2.24, 2.45) is 0 Å². The molecule has 3 aromatic carbocycles. The molecule has 2 aliphatic rings. The van der Waals surface area contributed by atoms with Gasteiger partial charge in [-0.05, 0) is 80.1 Å². The van der Waals surface area contributed by atoms with Crippen LogP contribution in [0.4, 0.5) is 11.4 Å². The quantitative estimate of drug-likeness (QED) is 0.458. The molecule has 1 aliphatic heterocycles. The van der Waals surface area contributed by atoms with Crippen LogP contribution in [0.15, 0.2) is 72.8 Å². The molecule has 0 radical (unpaired) electrons. The Morgan fingerprint density at radius 3 is 2.40 bits per heavy atom. The number of hydrogen-bond donors (Lipinski definition) is 1. The molecule has 0 unspecified atom stereocenters. The van der Waals surface area contributed by atoms with Gasteiger partial charge in [-0.15, -0.1) is 0 Å². The van der Waals surface area contributed by atoms with Crippen LogP contribution >= 0.6 is 0 Å². The second kappa shape index (κ2) is 8.55. The Bertz CT molecular complexity index is 1450. The number of rotatable bonds is 4. The third kappa shape index (κ3) is 3.71. The van der Waals surface area contributed by atoms with E-state index in [1.807, 2.05) is 46.0 Å². The first-order valence-corrected chi connectivity index (χ1v) is 12.1.